The minimum atomic E-state index is -0.395. The zero-order valence-corrected chi connectivity index (χ0v) is 11.1. The predicted molar refractivity (Wildman–Crippen MR) is 77.0 cm³/mol. The number of benzene rings is 2. The molecule has 0 aliphatic rings. The van der Waals surface area contributed by atoms with Gasteiger partial charge in [0.15, 0.2) is 11.5 Å². The van der Waals surface area contributed by atoms with Gasteiger partial charge in [0.1, 0.15) is 0 Å². The lowest BCUT2D eigenvalue weighted by Crippen LogP contribution is -2.15. The Labute approximate surface area is 117 Å². The molecule has 0 unspecified atom stereocenters. The molecule has 0 aromatic heterocycles. The molecule has 0 radical (unpaired) electrons. The molecule has 0 saturated heterocycles. The van der Waals surface area contributed by atoms with Crippen molar-refractivity contribution in [3.8, 4) is 5.75 Å². The molecular formula is C16H15NO3. The molecule has 4 heteroatoms. The van der Waals surface area contributed by atoms with E-state index in [1.54, 1.807) is 30.3 Å². The van der Waals surface area contributed by atoms with Gasteiger partial charge in [-0.1, -0.05) is 42.5 Å². The van der Waals surface area contributed by atoms with E-state index in [4.69, 9.17) is 4.74 Å². The molecule has 0 aliphatic heterocycles. The van der Waals surface area contributed by atoms with Gasteiger partial charge in [-0.05, 0) is 12.1 Å². The third kappa shape index (κ3) is 3.68. The number of esters is 1. The van der Waals surface area contributed by atoms with Crippen LogP contribution in [0.4, 0.5) is 5.69 Å². The molecule has 0 atom stereocenters. The normalized spacial score (nSPS) is 9.85. The van der Waals surface area contributed by atoms with Crippen LogP contribution in [-0.2, 0) is 4.79 Å². The van der Waals surface area contributed by atoms with Crippen LogP contribution in [0.15, 0.2) is 54.6 Å². The van der Waals surface area contributed by atoms with Crippen LogP contribution in [0.5, 0.6) is 5.75 Å². The van der Waals surface area contributed by atoms with Gasteiger partial charge in [-0.3, -0.25) is 9.59 Å². The van der Waals surface area contributed by atoms with Gasteiger partial charge in [0.05, 0.1) is 12.2 Å². The van der Waals surface area contributed by atoms with Crippen molar-refractivity contribution < 1.29 is 14.3 Å². The van der Waals surface area contributed by atoms with E-state index in [1.807, 2.05) is 24.3 Å². The van der Waals surface area contributed by atoms with Gasteiger partial charge >= 0.3 is 5.97 Å². The lowest BCUT2D eigenvalue weighted by molar-refractivity contribution is -0.131. The summed E-state index contributed by atoms with van der Waals surface area (Å²) < 4.78 is 5.07. The molecular weight excluding hydrogens is 254 g/mol. The van der Waals surface area contributed by atoms with Gasteiger partial charge < -0.3 is 10.1 Å². The van der Waals surface area contributed by atoms with E-state index < -0.39 is 5.97 Å². The highest BCUT2D eigenvalue weighted by atomic mass is 16.5. The highest BCUT2D eigenvalue weighted by Crippen LogP contribution is 2.23. The Morgan fingerprint density at radius 3 is 2.35 bits per heavy atom. The van der Waals surface area contributed by atoms with Crippen LogP contribution in [0.25, 0.3) is 0 Å². The van der Waals surface area contributed by atoms with E-state index in [-0.39, 0.29) is 12.3 Å². The molecule has 102 valence electrons. The molecule has 1 N–H and O–H groups in total. The first kappa shape index (κ1) is 13.8. The lowest BCUT2D eigenvalue weighted by atomic mass is 10.1. The van der Waals surface area contributed by atoms with Crippen molar-refractivity contribution in [2.45, 2.75) is 6.92 Å². The van der Waals surface area contributed by atoms with Crippen molar-refractivity contribution >= 4 is 17.4 Å². The Kier molecular flexibility index (Phi) is 4.50. The zero-order chi connectivity index (χ0) is 14.4. The molecule has 0 spiro atoms. The summed E-state index contributed by atoms with van der Waals surface area (Å²) in [5.74, 6) is -0.00211. The third-order valence-electron chi connectivity index (χ3n) is 2.68. The summed E-state index contributed by atoms with van der Waals surface area (Å²) in [4.78, 5) is 23.0. The Morgan fingerprint density at radius 1 is 1.00 bits per heavy atom. The number of para-hydroxylation sites is 2. The molecule has 0 aliphatic carbocycles. The van der Waals surface area contributed by atoms with E-state index in [0.717, 1.165) is 0 Å². The molecule has 0 amide bonds. The number of ketones is 1. The quantitative estimate of drug-likeness (QED) is 0.515. The van der Waals surface area contributed by atoms with Crippen molar-refractivity contribution in [2.75, 3.05) is 11.9 Å². The van der Waals surface area contributed by atoms with Crippen LogP contribution >= 0.6 is 0 Å². The van der Waals surface area contributed by atoms with Gasteiger partial charge in [-0.2, -0.15) is 0 Å². The largest absolute Gasteiger partial charge is 0.425 e. The van der Waals surface area contributed by atoms with Crippen molar-refractivity contribution in [3.05, 3.63) is 60.2 Å². The number of carbonyl (C=O) groups excluding carboxylic acids is 2. The number of nitrogens with one attached hydrogen (secondary N) is 1. The van der Waals surface area contributed by atoms with E-state index in [0.29, 0.717) is 17.0 Å². The molecule has 0 heterocycles. The number of rotatable bonds is 5. The number of anilines is 1. The summed E-state index contributed by atoms with van der Waals surface area (Å²) in [6.45, 7) is 1.48. The molecule has 2 rings (SSSR count). The highest BCUT2D eigenvalue weighted by molar-refractivity contribution is 5.99. The van der Waals surface area contributed by atoms with E-state index in [2.05, 4.69) is 5.32 Å². The fourth-order valence-corrected chi connectivity index (χ4v) is 1.76. The number of hydrogen-bond donors (Lipinski definition) is 1. The van der Waals surface area contributed by atoms with Crippen LogP contribution in [0, 0.1) is 0 Å². The maximum Gasteiger partial charge on any atom is 0.308 e. The minimum absolute atomic E-state index is 0.0248. The SMILES string of the molecule is CC(=O)Oc1ccccc1NCC(=O)c1ccccc1. The standard InChI is InChI=1S/C16H15NO3/c1-12(18)20-16-10-6-5-9-14(16)17-11-15(19)13-7-3-2-4-8-13/h2-10,17H,11H2,1H3. The van der Waals surface area contributed by atoms with Gasteiger partial charge in [-0.25, -0.2) is 0 Å². The van der Waals surface area contributed by atoms with Crippen molar-refractivity contribution in [1.82, 2.24) is 0 Å². The second-order valence-corrected chi connectivity index (χ2v) is 4.23. The minimum Gasteiger partial charge on any atom is -0.425 e. The Hall–Kier alpha value is -2.62. The summed E-state index contributed by atoms with van der Waals surface area (Å²) in [6, 6.07) is 16.0. The second-order valence-electron chi connectivity index (χ2n) is 4.23. The Balaban J connectivity index is 2.04. The molecule has 2 aromatic carbocycles. The highest BCUT2D eigenvalue weighted by Gasteiger charge is 2.08. The summed E-state index contributed by atoms with van der Waals surface area (Å²) in [7, 11) is 0. The summed E-state index contributed by atoms with van der Waals surface area (Å²) in [6.07, 6.45) is 0. The zero-order valence-electron chi connectivity index (χ0n) is 11.1. The van der Waals surface area contributed by atoms with E-state index in [9.17, 15) is 9.59 Å². The van der Waals surface area contributed by atoms with Gasteiger partial charge in [0.25, 0.3) is 0 Å². The van der Waals surface area contributed by atoms with Crippen molar-refractivity contribution in [3.63, 3.8) is 0 Å². The Bertz CT molecular complexity index is 608. The molecule has 0 fully saturated rings. The van der Waals surface area contributed by atoms with E-state index >= 15 is 0 Å². The second kappa shape index (κ2) is 6.52. The predicted octanol–water partition coefficient (Wildman–Crippen LogP) is 2.91. The van der Waals surface area contributed by atoms with Crippen molar-refractivity contribution in [2.24, 2.45) is 0 Å². The molecule has 20 heavy (non-hydrogen) atoms. The number of Topliss-reactive ketones (excluding diaryl/α,β-unsaturated/α-hetero) is 1. The van der Waals surface area contributed by atoms with Crippen molar-refractivity contribution in [1.29, 1.82) is 0 Å². The Morgan fingerprint density at radius 2 is 1.65 bits per heavy atom. The van der Waals surface area contributed by atoms with Crippen LogP contribution < -0.4 is 10.1 Å². The molecule has 0 bridgehead atoms. The molecule has 0 saturated carbocycles. The fourth-order valence-electron chi connectivity index (χ4n) is 1.76. The van der Waals surface area contributed by atoms with Crippen LogP contribution in [0.1, 0.15) is 17.3 Å². The maximum absolute atomic E-state index is 12.0. The third-order valence-corrected chi connectivity index (χ3v) is 2.68. The van der Waals surface area contributed by atoms with Crippen LogP contribution in [0.2, 0.25) is 0 Å². The molecule has 4 nitrogen and oxygen atoms in total. The van der Waals surface area contributed by atoms with E-state index in [1.165, 1.54) is 6.92 Å². The summed E-state index contributed by atoms with van der Waals surface area (Å²) >= 11 is 0. The maximum atomic E-state index is 12.0. The molecule has 2 aromatic rings. The van der Waals surface area contributed by atoms with Gasteiger partial charge in [0.2, 0.25) is 0 Å². The lowest BCUT2D eigenvalue weighted by Gasteiger charge is -2.10. The first-order chi connectivity index (χ1) is 9.66. The average Bonchev–Trinajstić information content (AvgIpc) is 2.46. The van der Waals surface area contributed by atoms with Gasteiger partial charge in [0, 0.05) is 12.5 Å². The van der Waals surface area contributed by atoms with Crippen LogP contribution in [0.3, 0.4) is 0 Å². The first-order valence-corrected chi connectivity index (χ1v) is 6.26. The summed E-state index contributed by atoms with van der Waals surface area (Å²) in [5, 5.41) is 2.99. The monoisotopic (exact) mass is 269 g/mol. The number of hydrogen-bond acceptors (Lipinski definition) is 4. The first-order valence-electron chi connectivity index (χ1n) is 6.26. The number of ether oxygens (including phenoxy) is 1. The number of carbonyl (C=O) groups is 2. The topological polar surface area (TPSA) is 55.4 Å². The fraction of sp³-hybridized carbons (Fsp3) is 0.125. The smallest absolute Gasteiger partial charge is 0.308 e. The van der Waals surface area contributed by atoms with Gasteiger partial charge in [-0.15, -0.1) is 0 Å². The van der Waals surface area contributed by atoms with Crippen LogP contribution in [-0.4, -0.2) is 18.3 Å². The summed E-state index contributed by atoms with van der Waals surface area (Å²) in [5.41, 5.74) is 1.26. The average molecular weight is 269 g/mol.